The largest absolute Gasteiger partial charge is 0.328 e. The summed E-state index contributed by atoms with van der Waals surface area (Å²) >= 11 is 0. The maximum Gasteiger partial charge on any atom is 0.261 e. The molecule has 5 heteroatoms. The van der Waals surface area contributed by atoms with Crippen molar-refractivity contribution < 1.29 is 10.0 Å². The summed E-state index contributed by atoms with van der Waals surface area (Å²) in [5, 5.41) is 11.6. The molecule has 0 aromatic heterocycles. The van der Waals surface area contributed by atoms with Crippen LogP contribution < -0.4 is 16.5 Å². The molecule has 1 amide bonds. The van der Waals surface area contributed by atoms with E-state index in [1.165, 1.54) is 0 Å². The first-order valence-electron chi connectivity index (χ1n) is 6.76. The quantitative estimate of drug-likeness (QED) is 0.475. The van der Waals surface area contributed by atoms with Crippen LogP contribution in [0.15, 0.2) is 54.6 Å². The van der Waals surface area contributed by atoms with Crippen LogP contribution in [0.4, 0.5) is 0 Å². The Balaban J connectivity index is 1.98. The maximum absolute atomic E-state index is 11.3. The standard InChI is InChI=1S/C16H19N3O2/c17-10-15(16(20)19-21)18-11-12-6-8-14(9-7-12)13-4-2-1-3-5-13/h1-9,15,18,21H,10-11,17H2,(H,19,20)/t15-/m0/s1. The Hall–Kier alpha value is -2.21. The van der Waals surface area contributed by atoms with E-state index in [2.05, 4.69) is 17.4 Å². The second-order valence-corrected chi connectivity index (χ2v) is 4.71. The highest BCUT2D eigenvalue weighted by Crippen LogP contribution is 2.19. The predicted octanol–water partition coefficient (Wildman–Crippen LogP) is 1.28. The topological polar surface area (TPSA) is 87.4 Å². The molecule has 0 saturated carbocycles. The van der Waals surface area contributed by atoms with Gasteiger partial charge in [-0.3, -0.25) is 10.0 Å². The SMILES string of the molecule is NC[C@H](NCc1ccc(-c2ccccc2)cc1)C(=O)NO. The maximum atomic E-state index is 11.3. The van der Waals surface area contributed by atoms with Crippen LogP contribution in [-0.4, -0.2) is 23.7 Å². The highest BCUT2D eigenvalue weighted by Gasteiger charge is 2.14. The summed E-state index contributed by atoms with van der Waals surface area (Å²) < 4.78 is 0. The Morgan fingerprint density at radius 3 is 2.24 bits per heavy atom. The minimum atomic E-state index is -0.608. The molecule has 0 radical (unpaired) electrons. The summed E-state index contributed by atoms with van der Waals surface area (Å²) in [7, 11) is 0. The van der Waals surface area contributed by atoms with Crippen LogP contribution >= 0.6 is 0 Å². The number of hydrogen-bond donors (Lipinski definition) is 4. The second-order valence-electron chi connectivity index (χ2n) is 4.71. The molecule has 110 valence electrons. The van der Waals surface area contributed by atoms with Gasteiger partial charge in [-0.2, -0.15) is 0 Å². The van der Waals surface area contributed by atoms with Gasteiger partial charge >= 0.3 is 0 Å². The van der Waals surface area contributed by atoms with Gasteiger partial charge < -0.3 is 11.1 Å². The smallest absolute Gasteiger partial charge is 0.261 e. The summed E-state index contributed by atoms with van der Waals surface area (Å²) in [5.41, 5.74) is 10.4. The van der Waals surface area contributed by atoms with Crippen molar-refractivity contribution in [3.63, 3.8) is 0 Å². The summed E-state index contributed by atoms with van der Waals surface area (Å²) in [6.07, 6.45) is 0. The van der Waals surface area contributed by atoms with Gasteiger partial charge in [-0.05, 0) is 16.7 Å². The second kappa shape index (κ2) is 7.54. The first kappa shape index (κ1) is 15.2. The summed E-state index contributed by atoms with van der Waals surface area (Å²) in [5.74, 6) is -0.529. The number of carbonyl (C=O) groups excluding carboxylic acids is 1. The predicted molar refractivity (Wildman–Crippen MR) is 81.5 cm³/mol. The van der Waals surface area contributed by atoms with Crippen molar-refractivity contribution in [3.05, 3.63) is 60.2 Å². The third-order valence-corrected chi connectivity index (χ3v) is 3.28. The zero-order valence-electron chi connectivity index (χ0n) is 11.6. The van der Waals surface area contributed by atoms with Gasteiger partial charge in [0.05, 0.1) is 0 Å². The molecule has 2 aromatic rings. The first-order valence-corrected chi connectivity index (χ1v) is 6.76. The zero-order valence-corrected chi connectivity index (χ0v) is 11.6. The molecular weight excluding hydrogens is 266 g/mol. The van der Waals surface area contributed by atoms with E-state index in [0.717, 1.165) is 16.7 Å². The molecule has 0 aliphatic carbocycles. The van der Waals surface area contributed by atoms with E-state index in [1.807, 2.05) is 42.5 Å². The van der Waals surface area contributed by atoms with Crippen molar-refractivity contribution in [1.29, 1.82) is 0 Å². The monoisotopic (exact) mass is 285 g/mol. The lowest BCUT2D eigenvalue weighted by atomic mass is 10.0. The highest BCUT2D eigenvalue weighted by atomic mass is 16.5. The van der Waals surface area contributed by atoms with Crippen molar-refractivity contribution in [3.8, 4) is 11.1 Å². The Labute approximate surface area is 123 Å². The van der Waals surface area contributed by atoms with Crippen LogP contribution in [0.1, 0.15) is 5.56 Å². The average molecular weight is 285 g/mol. The van der Waals surface area contributed by atoms with Gasteiger partial charge in [0.2, 0.25) is 0 Å². The Bertz CT molecular complexity index is 570. The third kappa shape index (κ3) is 4.13. The molecule has 1 atom stereocenters. The van der Waals surface area contributed by atoms with Gasteiger partial charge in [0.25, 0.3) is 5.91 Å². The number of benzene rings is 2. The molecule has 5 nitrogen and oxygen atoms in total. The van der Waals surface area contributed by atoms with Crippen molar-refractivity contribution >= 4 is 5.91 Å². The number of hydrogen-bond acceptors (Lipinski definition) is 4. The average Bonchev–Trinajstić information content (AvgIpc) is 2.56. The van der Waals surface area contributed by atoms with E-state index < -0.39 is 11.9 Å². The molecule has 0 spiro atoms. The summed E-state index contributed by atoms with van der Waals surface area (Å²) in [4.78, 5) is 11.3. The molecule has 0 unspecified atom stereocenters. The number of amides is 1. The molecule has 0 saturated heterocycles. The van der Waals surface area contributed by atoms with E-state index in [9.17, 15) is 4.79 Å². The number of hydroxylamine groups is 1. The fourth-order valence-corrected chi connectivity index (χ4v) is 2.05. The highest BCUT2D eigenvalue weighted by molar-refractivity contribution is 5.80. The van der Waals surface area contributed by atoms with Crippen LogP contribution in [-0.2, 0) is 11.3 Å². The lowest BCUT2D eigenvalue weighted by molar-refractivity contribution is -0.131. The number of rotatable bonds is 6. The van der Waals surface area contributed by atoms with Crippen LogP contribution in [0.5, 0.6) is 0 Å². The summed E-state index contributed by atoms with van der Waals surface area (Å²) in [6.45, 7) is 0.624. The molecule has 2 rings (SSSR count). The first-order chi connectivity index (χ1) is 10.2. The van der Waals surface area contributed by atoms with Crippen LogP contribution in [0.3, 0.4) is 0 Å². The molecule has 21 heavy (non-hydrogen) atoms. The van der Waals surface area contributed by atoms with Crippen LogP contribution in [0.25, 0.3) is 11.1 Å². The molecule has 0 aliphatic heterocycles. The lowest BCUT2D eigenvalue weighted by Gasteiger charge is -2.14. The van der Waals surface area contributed by atoms with E-state index in [0.29, 0.717) is 6.54 Å². The van der Waals surface area contributed by atoms with Gasteiger partial charge in [0, 0.05) is 13.1 Å². The van der Waals surface area contributed by atoms with E-state index in [-0.39, 0.29) is 6.54 Å². The minimum absolute atomic E-state index is 0.120. The normalized spacial score (nSPS) is 11.9. The number of nitrogens with two attached hydrogens (primary N) is 1. The molecule has 0 aliphatic rings. The molecule has 0 fully saturated rings. The van der Waals surface area contributed by atoms with E-state index >= 15 is 0 Å². The van der Waals surface area contributed by atoms with Crippen molar-refractivity contribution in [1.82, 2.24) is 10.8 Å². The van der Waals surface area contributed by atoms with Gasteiger partial charge in [-0.15, -0.1) is 0 Å². The Kier molecular flexibility index (Phi) is 5.45. The molecule has 0 bridgehead atoms. The third-order valence-electron chi connectivity index (χ3n) is 3.28. The van der Waals surface area contributed by atoms with Crippen molar-refractivity contribution in [2.75, 3.05) is 6.54 Å². The van der Waals surface area contributed by atoms with Gasteiger partial charge in [-0.1, -0.05) is 54.6 Å². The lowest BCUT2D eigenvalue weighted by Crippen LogP contribution is -2.47. The summed E-state index contributed by atoms with van der Waals surface area (Å²) in [6, 6.07) is 17.6. The minimum Gasteiger partial charge on any atom is -0.328 e. The fraction of sp³-hybridized carbons (Fsp3) is 0.188. The zero-order chi connectivity index (χ0) is 15.1. The number of carbonyl (C=O) groups is 1. The van der Waals surface area contributed by atoms with Crippen molar-refractivity contribution in [2.24, 2.45) is 5.73 Å². The number of nitrogens with one attached hydrogen (secondary N) is 2. The molecule has 5 N–H and O–H groups in total. The van der Waals surface area contributed by atoms with Crippen LogP contribution in [0.2, 0.25) is 0 Å². The molecule has 2 aromatic carbocycles. The van der Waals surface area contributed by atoms with E-state index in [4.69, 9.17) is 10.9 Å². The van der Waals surface area contributed by atoms with Gasteiger partial charge in [-0.25, -0.2) is 5.48 Å². The van der Waals surface area contributed by atoms with Gasteiger partial charge in [0.15, 0.2) is 0 Å². The Morgan fingerprint density at radius 1 is 1.05 bits per heavy atom. The Morgan fingerprint density at radius 2 is 1.67 bits per heavy atom. The molecular formula is C16H19N3O2. The van der Waals surface area contributed by atoms with Crippen molar-refractivity contribution in [2.45, 2.75) is 12.6 Å². The van der Waals surface area contributed by atoms with Crippen LogP contribution in [0, 0.1) is 0 Å². The fourth-order valence-electron chi connectivity index (χ4n) is 2.05. The molecule has 0 heterocycles. The van der Waals surface area contributed by atoms with Gasteiger partial charge in [0.1, 0.15) is 6.04 Å². The van der Waals surface area contributed by atoms with E-state index in [1.54, 1.807) is 5.48 Å².